The molecule has 0 aliphatic heterocycles. The molecule has 0 spiro atoms. The number of nitrogens with two attached hydrogens (primary N) is 1. The van der Waals surface area contributed by atoms with Crippen molar-refractivity contribution < 1.29 is 4.79 Å². The molecule has 0 bridgehead atoms. The Morgan fingerprint density at radius 2 is 1.59 bits per heavy atom. The molecule has 0 heterocycles. The van der Waals surface area contributed by atoms with Crippen LogP contribution in [0.3, 0.4) is 0 Å². The molecule has 0 radical (unpaired) electrons. The van der Waals surface area contributed by atoms with Gasteiger partial charge in [-0.3, -0.25) is 4.79 Å². The van der Waals surface area contributed by atoms with Crippen molar-refractivity contribution in [2.24, 2.45) is 5.73 Å². The lowest BCUT2D eigenvalue weighted by atomic mass is 10.00. The number of hydrogen-bond acceptors (Lipinski definition) is 2. The summed E-state index contributed by atoms with van der Waals surface area (Å²) in [7, 11) is 0. The second-order valence-corrected chi connectivity index (χ2v) is 5.46. The van der Waals surface area contributed by atoms with Gasteiger partial charge in [-0.2, -0.15) is 0 Å². The summed E-state index contributed by atoms with van der Waals surface area (Å²) in [5, 5.41) is 2.98. The molecule has 22 heavy (non-hydrogen) atoms. The minimum absolute atomic E-state index is 0. The third-order valence-electron chi connectivity index (χ3n) is 3.72. The van der Waals surface area contributed by atoms with Crippen LogP contribution in [-0.2, 0) is 13.1 Å². The minimum Gasteiger partial charge on any atom is -0.348 e. The summed E-state index contributed by atoms with van der Waals surface area (Å²) < 4.78 is 0. The van der Waals surface area contributed by atoms with E-state index in [0.717, 1.165) is 5.56 Å². The van der Waals surface area contributed by atoms with E-state index in [1.165, 1.54) is 22.3 Å². The van der Waals surface area contributed by atoms with E-state index in [-0.39, 0.29) is 18.3 Å². The molecule has 0 saturated carbocycles. The van der Waals surface area contributed by atoms with Crippen LogP contribution in [0.15, 0.2) is 36.4 Å². The lowest BCUT2D eigenvalue weighted by Gasteiger charge is -2.12. The molecule has 0 aliphatic carbocycles. The van der Waals surface area contributed by atoms with Crippen LogP contribution < -0.4 is 11.1 Å². The first-order valence-corrected chi connectivity index (χ1v) is 7.15. The number of halogens is 1. The Hall–Kier alpha value is -1.84. The van der Waals surface area contributed by atoms with Crippen LogP contribution in [0.25, 0.3) is 0 Å². The standard InChI is InChI=1S/C18H22N2O.ClH/c1-12-8-13(2)17(14(3)9-12)11-20-18(21)16-6-4-15(10-19)5-7-16;/h4-9H,10-11,19H2,1-3H3,(H,20,21);1H. The summed E-state index contributed by atoms with van der Waals surface area (Å²) in [4.78, 5) is 12.2. The fraction of sp³-hybridized carbons (Fsp3) is 0.278. The van der Waals surface area contributed by atoms with E-state index in [0.29, 0.717) is 18.7 Å². The van der Waals surface area contributed by atoms with Gasteiger partial charge in [0.2, 0.25) is 0 Å². The Bertz CT molecular complexity index is 628. The molecule has 0 atom stereocenters. The van der Waals surface area contributed by atoms with Gasteiger partial charge < -0.3 is 11.1 Å². The third kappa shape index (κ3) is 4.33. The largest absolute Gasteiger partial charge is 0.348 e. The van der Waals surface area contributed by atoms with Crippen LogP contribution in [0.5, 0.6) is 0 Å². The number of carbonyl (C=O) groups excluding carboxylic acids is 1. The summed E-state index contributed by atoms with van der Waals surface area (Å²) in [6.07, 6.45) is 0. The zero-order valence-electron chi connectivity index (χ0n) is 13.3. The summed E-state index contributed by atoms with van der Waals surface area (Å²) in [6.45, 7) is 7.29. The molecule has 1 amide bonds. The molecule has 3 nitrogen and oxygen atoms in total. The van der Waals surface area contributed by atoms with E-state index < -0.39 is 0 Å². The van der Waals surface area contributed by atoms with Gasteiger partial charge in [0.05, 0.1) is 0 Å². The normalized spacial score (nSPS) is 10.0. The summed E-state index contributed by atoms with van der Waals surface area (Å²) in [5.74, 6) is -0.0575. The van der Waals surface area contributed by atoms with E-state index in [2.05, 4.69) is 38.2 Å². The second-order valence-electron chi connectivity index (χ2n) is 5.46. The number of benzene rings is 2. The molecule has 2 aromatic carbocycles. The highest BCUT2D eigenvalue weighted by molar-refractivity contribution is 5.94. The smallest absolute Gasteiger partial charge is 0.251 e. The molecule has 3 N–H and O–H groups in total. The van der Waals surface area contributed by atoms with Gasteiger partial charge in [0, 0.05) is 18.7 Å². The van der Waals surface area contributed by atoms with Crippen molar-refractivity contribution in [2.45, 2.75) is 33.9 Å². The van der Waals surface area contributed by atoms with Crippen LogP contribution in [0, 0.1) is 20.8 Å². The topological polar surface area (TPSA) is 55.1 Å². The number of carbonyl (C=O) groups is 1. The predicted octanol–water partition coefficient (Wildman–Crippen LogP) is 3.42. The van der Waals surface area contributed by atoms with Crippen LogP contribution in [0.1, 0.15) is 38.2 Å². The van der Waals surface area contributed by atoms with E-state index in [1.807, 2.05) is 24.3 Å². The van der Waals surface area contributed by atoms with E-state index >= 15 is 0 Å². The molecule has 0 aliphatic rings. The summed E-state index contributed by atoms with van der Waals surface area (Å²) >= 11 is 0. The number of aryl methyl sites for hydroxylation is 3. The molecular formula is C18H23ClN2O. The zero-order chi connectivity index (χ0) is 15.4. The summed E-state index contributed by atoms with van der Waals surface area (Å²) in [6, 6.07) is 11.7. The second kappa shape index (κ2) is 7.97. The van der Waals surface area contributed by atoms with E-state index in [4.69, 9.17) is 5.73 Å². The maximum atomic E-state index is 12.2. The molecular weight excluding hydrogens is 296 g/mol. The van der Waals surface area contributed by atoms with Gasteiger partial charge in [0.15, 0.2) is 0 Å². The number of nitrogens with one attached hydrogen (secondary N) is 1. The fourth-order valence-electron chi connectivity index (χ4n) is 2.55. The van der Waals surface area contributed by atoms with Gasteiger partial charge in [-0.05, 0) is 55.2 Å². The molecule has 0 saturated heterocycles. The zero-order valence-corrected chi connectivity index (χ0v) is 14.1. The first kappa shape index (κ1) is 18.2. The lowest BCUT2D eigenvalue weighted by molar-refractivity contribution is 0.0951. The van der Waals surface area contributed by atoms with Gasteiger partial charge in [0.1, 0.15) is 0 Å². The van der Waals surface area contributed by atoms with Crippen molar-refractivity contribution in [1.82, 2.24) is 5.32 Å². The van der Waals surface area contributed by atoms with Crippen molar-refractivity contribution in [3.63, 3.8) is 0 Å². The maximum Gasteiger partial charge on any atom is 0.251 e. The SMILES string of the molecule is Cc1cc(C)c(CNC(=O)c2ccc(CN)cc2)c(C)c1.Cl. The molecule has 2 aromatic rings. The summed E-state index contributed by atoms with van der Waals surface area (Å²) in [5.41, 5.74) is 12.1. The van der Waals surface area contributed by atoms with Crippen LogP contribution in [0.2, 0.25) is 0 Å². The van der Waals surface area contributed by atoms with Crippen LogP contribution in [0.4, 0.5) is 0 Å². The molecule has 0 aromatic heterocycles. The minimum atomic E-state index is -0.0575. The Kier molecular flexibility index (Phi) is 6.60. The van der Waals surface area contributed by atoms with Crippen molar-refractivity contribution in [3.05, 3.63) is 69.8 Å². The molecule has 2 rings (SSSR count). The van der Waals surface area contributed by atoms with Gasteiger partial charge >= 0.3 is 0 Å². The average molecular weight is 319 g/mol. The molecule has 0 fully saturated rings. The van der Waals surface area contributed by atoms with Crippen molar-refractivity contribution in [1.29, 1.82) is 0 Å². The van der Waals surface area contributed by atoms with Gasteiger partial charge in [0.25, 0.3) is 5.91 Å². The van der Waals surface area contributed by atoms with Crippen LogP contribution in [-0.4, -0.2) is 5.91 Å². The third-order valence-corrected chi connectivity index (χ3v) is 3.72. The highest BCUT2D eigenvalue weighted by atomic mass is 35.5. The van der Waals surface area contributed by atoms with Gasteiger partial charge in [-0.25, -0.2) is 0 Å². The molecule has 4 heteroatoms. The highest BCUT2D eigenvalue weighted by Crippen LogP contribution is 2.16. The van der Waals surface area contributed by atoms with E-state index in [9.17, 15) is 4.79 Å². The Balaban J connectivity index is 0.00000242. The Morgan fingerprint density at radius 1 is 1.05 bits per heavy atom. The Labute approximate surface area is 138 Å². The van der Waals surface area contributed by atoms with Crippen LogP contribution >= 0.6 is 12.4 Å². The Morgan fingerprint density at radius 3 is 2.09 bits per heavy atom. The molecule has 118 valence electrons. The fourth-order valence-corrected chi connectivity index (χ4v) is 2.55. The number of rotatable bonds is 4. The first-order valence-electron chi connectivity index (χ1n) is 7.15. The lowest BCUT2D eigenvalue weighted by Crippen LogP contribution is -2.23. The number of hydrogen-bond donors (Lipinski definition) is 2. The quantitative estimate of drug-likeness (QED) is 0.907. The van der Waals surface area contributed by atoms with E-state index in [1.54, 1.807) is 0 Å². The van der Waals surface area contributed by atoms with Gasteiger partial charge in [-0.15, -0.1) is 12.4 Å². The first-order chi connectivity index (χ1) is 10.0. The molecule has 0 unspecified atom stereocenters. The van der Waals surface area contributed by atoms with Gasteiger partial charge in [-0.1, -0.05) is 29.8 Å². The van der Waals surface area contributed by atoms with Crippen molar-refractivity contribution in [3.8, 4) is 0 Å². The number of amides is 1. The monoisotopic (exact) mass is 318 g/mol. The predicted molar refractivity (Wildman–Crippen MR) is 93.4 cm³/mol. The average Bonchev–Trinajstić information content (AvgIpc) is 2.46. The van der Waals surface area contributed by atoms with Crippen molar-refractivity contribution in [2.75, 3.05) is 0 Å². The van der Waals surface area contributed by atoms with Crippen molar-refractivity contribution >= 4 is 18.3 Å². The highest BCUT2D eigenvalue weighted by Gasteiger charge is 2.08. The maximum absolute atomic E-state index is 12.2.